The summed E-state index contributed by atoms with van der Waals surface area (Å²) in [6, 6.07) is 10.6. The predicted octanol–water partition coefficient (Wildman–Crippen LogP) is 4.27. The molecule has 0 saturated carbocycles. The molecule has 2 aliphatic heterocycles. The van der Waals surface area contributed by atoms with Crippen LogP contribution in [-0.2, 0) is 34.2 Å². The first-order valence-corrected chi connectivity index (χ1v) is 14.2. The summed E-state index contributed by atoms with van der Waals surface area (Å²) in [4.78, 5) is 18.8. The first-order chi connectivity index (χ1) is 17.5. The molecule has 37 heavy (non-hydrogen) atoms. The number of halogens is 3. The molecule has 11 heteroatoms. The SMILES string of the molecule is CS(=O)(=O)Oc1ccc2c(c1)CN(C(=O)CCCCCN1CCN(c3cccc(C(F)(F)F)c3)CC1)C2. The molecule has 0 spiro atoms. The molecule has 2 heterocycles. The number of piperazine rings is 1. The number of hydrogen-bond donors (Lipinski definition) is 0. The Morgan fingerprint density at radius 1 is 0.946 bits per heavy atom. The van der Waals surface area contributed by atoms with Crippen LogP contribution in [-0.4, -0.2) is 63.1 Å². The van der Waals surface area contributed by atoms with Gasteiger partial charge in [-0.15, -0.1) is 0 Å². The van der Waals surface area contributed by atoms with E-state index in [1.807, 2.05) is 4.90 Å². The van der Waals surface area contributed by atoms with Crippen molar-refractivity contribution in [2.45, 2.75) is 44.9 Å². The molecule has 0 bridgehead atoms. The second-order valence-electron chi connectivity index (χ2n) is 9.66. The van der Waals surface area contributed by atoms with Gasteiger partial charge in [0.1, 0.15) is 5.75 Å². The first-order valence-electron chi connectivity index (χ1n) is 12.4. The number of unbranched alkanes of at least 4 members (excludes halogenated alkanes) is 2. The molecule has 0 N–H and O–H groups in total. The van der Waals surface area contributed by atoms with E-state index < -0.39 is 21.9 Å². The molecule has 0 radical (unpaired) electrons. The summed E-state index contributed by atoms with van der Waals surface area (Å²) >= 11 is 0. The van der Waals surface area contributed by atoms with E-state index in [1.165, 1.54) is 12.1 Å². The van der Waals surface area contributed by atoms with Gasteiger partial charge in [-0.3, -0.25) is 9.69 Å². The third-order valence-corrected chi connectivity index (χ3v) is 7.27. The van der Waals surface area contributed by atoms with Crippen LogP contribution in [0.4, 0.5) is 18.9 Å². The topological polar surface area (TPSA) is 70.2 Å². The van der Waals surface area contributed by atoms with Gasteiger partial charge in [-0.25, -0.2) is 0 Å². The van der Waals surface area contributed by atoms with Crippen LogP contribution in [0.25, 0.3) is 0 Å². The van der Waals surface area contributed by atoms with Gasteiger partial charge in [0.2, 0.25) is 5.91 Å². The summed E-state index contributed by atoms with van der Waals surface area (Å²) in [6.07, 6.45) is -0.203. The fourth-order valence-corrected chi connectivity index (χ4v) is 5.28. The quantitative estimate of drug-likeness (QED) is 0.350. The van der Waals surface area contributed by atoms with E-state index >= 15 is 0 Å². The van der Waals surface area contributed by atoms with E-state index in [-0.39, 0.29) is 11.7 Å². The molecule has 2 aromatic rings. The Bertz CT molecular complexity index is 1210. The number of benzene rings is 2. The standard InChI is InChI=1S/C26H32F3N3O4S/c1-37(34,35)36-24-10-9-20-18-32(19-21(20)16-24)25(33)8-3-2-4-11-30-12-14-31(15-13-30)23-7-5-6-22(17-23)26(27,28)29/h5-7,9-10,16-17H,2-4,8,11-15,18-19H2,1H3. The van der Waals surface area contributed by atoms with Crippen LogP contribution in [0, 0.1) is 0 Å². The summed E-state index contributed by atoms with van der Waals surface area (Å²) in [7, 11) is -3.60. The maximum atomic E-state index is 13.0. The molecule has 1 fully saturated rings. The largest absolute Gasteiger partial charge is 0.416 e. The highest BCUT2D eigenvalue weighted by Crippen LogP contribution is 2.32. The fraction of sp³-hybridized carbons (Fsp3) is 0.500. The van der Waals surface area contributed by atoms with Crippen molar-refractivity contribution in [3.63, 3.8) is 0 Å². The van der Waals surface area contributed by atoms with Gasteiger partial charge in [0.15, 0.2) is 0 Å². The van der Waals surface area contributed by atoms with Gasteiger partial charge in [-0.05, 0) is 60.8 Å². The lowest BCUT2D eigenvalue weighted by Gasteiger charge is -2.36. The zero-order valence-electron chi connectivity index (χ0n) is 20.8. The highest BCUT2D eigenvalue weighted by Gasteiger charge is 2.31. The highest BCUT2D eigenvalue weighted by atomic mass is 32.2. The highest BCUT2D eigenvalue weighted by molar-refractivity contribution is 7.86. The zero-order chi connectivity index (χ0) is 26.6. The maximum absolute atomic E-state index is 13.0. The fourth-order valence-electron chi connectivity index (χ4n) is 4.83. The summed E-state index contributed by atoms with van der Waals surface area (Å²) in [5.41, 5.74) is 1.89. The van der Waals surface area contributed by atoms with Crippen LogP contribution in [0.15, 0.2) is 42.5 Å². The molecule has 0 aliphatic carbocycles. The molecule has 7 nitrogen and oxygen atoms in total. The van der Waals surface area contributed by atoms with Crippen LogP contribution in [0.1, 0.15) is 42.4 Å². The average Bonchev–Trinajstić information content (AvgIpc) is 3.26. The average molecular weight is 540 g/mol. The van der Waals surface area contributed by atoms with Gasteiger partial charge in [-0.2, -0.15) is 21.6 Å². The number of amides is 1. The van der Waals surface area contributed by atoms with Crippen molar-refractivity contribution in [2.75, 3.05) is 43.9 Å². The maximum Gasteiger partial charge on any atom is 0.416 e. The van der Waals surface area contributed by atoms with Crippen molar-refractivity contribution in [1.82, 2.24) is 9.80 Å². The number of fused-ring (bicyclic) bond motifs is 1. The predicted molar refractivity (Wildman–Crippen MR) is 135 cm³/mol. The zero-order valence-corrected chi connectivity index (χ0v) is 21.7. The number of rotatable bonds is 9. The molecule has 2 aliphatic rings. The van der Waals surface area contributed by atoms with Crippen LogP contribution in [0.2, 0.25) is 0 Å². The smallest absolute Gasteiger partial charge is 0.383 e. The van der Waals surface area contributed by atoms with Crippen LogP contribution < -0.4 is 9.08 Å². The van der Waals surface area contributed by atoms with Gasteiger partial charge in [0.25, 0.3) is 0 Å². The summed E-state index contributed by atoms with van der Waals surface area (Å²) < 4.78 is 66.6. The van der Waals surface area contributed by atoms with Gasteiger partial charge in [0, 0.05) is 51.4 Å². The molecule has 0 unspecified atom stereocenters. The Kier molecular flexibility index (Phi) is 8.33. The van der Waals surface area contributed by atoms with E-state index in [9.17, 15) is 26.4 Å². The Morgan fingerprint density at radius 3 is 2.38 bits per heavy atom. The third-order valence-electron chi connectivity index (χ3n) is 6.78. The minimum Gasteiger partial charge on any atom is -0.383 e. The minimum atomic E-state index is -4.34. The Labute approximate surface area is 215 Å². The first kappa shape index (κ1) is 27.3. The number of hydrogen-bond acceptors (Lipinski definition) is 6. The monoisotopic (exact) mass is 539 g/mol. The lowest BCUT2D eigenvalue weighted by Crippen LogP contribution is -2.46. The Hall–Kier alpha value is -2.79. The van der Waals surface area contributed by atoms with Crippen molar-refractivity contribution in [3.8, 4) is 5.75 Å². The number of nitrogens with zero attached hydrogens (tertiary/aromatic N) is 3. The molecular formula is C26H32F3N3O4S. The normalized spacial score (nSPS) is 16.6. The van der Waals surface area contributed by atoms with Gasteiger partial charge in [-0.1, -0.05) is 18.6 Å². The van der Waals surface area contributed by atoms with Crippen molar-refractivity contribution in [1.29, 1.82) is 0 Å². The van der Waals surface area contributed by atoms with Crippen molar-refractivity contribution in [3.05, 3.63) is 59.2 Å². The minimum absolute atomic E-state index is 0.0801. The molecular weight excluding hydrogens is 507 g/mol. The number of carbonyl (C=O) groups is 1. The lowest BCUT2D eigenvalue weighted by molar-refractivity contribution is -0.137. The van der Waals surface area contributed by atoms with E-state index in [2.05, 4.69) is 4.90 Å². The summed E-state index contributed by atoms with van der Waals surface area (Å²) in [5.74, 6) is 0.336. The second-order valence-corrected chi connectivity index (χ2v) is 11.2. The van der Waals surface area contributed by atoms with Gasteiger partial charge in [0.05, 0.1) is 11.8 Å². The molecule has 202 valence electrons. The van der Waals surface area contributed by atoms with Crippen LogP contribution >= 0.6 is 0 Å². The van der Waals surface area contributed by atoms with Crippen molar-refractivity contribution < 1.29 is 30.6 Å². The summed E-state index contributed by atoms with van der Waals surface area (Å²) in [5, 5.41) is 0. The van der Waals surface area contributed by atoms with Crippen LogP contribution in [0.5, 0.6) is 5.75 Å². The van der Waals surface area contributed by atoms with Gasteiger partial charge >= 0.3 is 16.3 Å². The lowest BCUT2D eigenvalue weighted by atomic mass is 10.1. The third kappa shape index (κ3) is 7.61. The number of alkyl halides is 3. The van der Waals surface area contributed by atoms with E-state index in [0.29, 0.717) is 38.3 Å². The van der Waals surface area contributed by atoms with Gasteiger partial charge < -0.3 is 14.0 Å². The molecule has 4 rings (SSSR count). The van der Waals surface area contributed by atoms with E-state index in [4.69, 9.17) is 4.18 Å². The molecule has 2 aromatic carbocycles. The van der Waals surface area contributed by atoms with E-state index in [0.717, 1.165) is 62.3 Å². The number of carbonyl (C=O) groups excluding carboxylic acids is 1. The molecule has 1 saturated heterocycles. The van der Waals surface area contributed by atoms with Crippen molar-refractivity contribution >= 4 is 21.7 Å². The second kappa shape index (κ2) is 11.3. The Morgan fingerprint density at radius 2 is 1.68 bits per heavy atom. The Balaban J connectivity index is 1.13. The van der Waals surface area contributed by atoms with Crippen LogP contribution in [0.3, 0.4) is 0 Å². The van der Waals surface area contributed by atoms with E-state index in [1.54, 1.807) is 29.2 Å². The summed E-state index contributed by atoms with van der Waals surface area (Å²) in [6.45, 7) is 4.84. The molecule has 0 atom stereocenters. The number of anilines is 1. The molecule has 1 amide bonds. The van der Waals surface area contributed by atoms with Crippen molar-refractivity contribution in [2.24, 2.45) is 0 Å². The molecule has 0 aromatic heterocycles.